The number of nitrogens with one attached hydrogen (secondary N) is 2. The molecule has 1 aromatic heterocycles. The molecule has 0 fully saturated rings. The molecule has 3 rings (SSSR count). The van der Waals surface area contributed by atoms with Gasteiger partial charge in [-0.3, -0.25) is 14.6 Å². The Kier molecular flexibility index (Phi) is 3.00. The molecule has 0 unspecified atom stereocenters. The molecule has 0 aliphatic carbocycles. The van der Waals surface area contributed by atoms with Crippen molar-refractivity contribution in [3.05, 3.63) is 44.5 Å². The summed E-state index contributed by atoms with van der Waals surface area (Å²) >= 11 is 1.31. The van der Waals surface area contributed by atoms with E-state index >= 15 is 0 Å². The molecular formula is C11H9N3O4S. The van der Waals surface area contributed by atoms with E-state index < -0.39 is 11.1 Å². The molecule has 19 heavy (non-hydrogen) atoms. The topological polar surface area (TPSA) is 97.1 Å². The minimum absolute atomic E-state index is 0.237. The largest absolute Gasteiger partial charge is 0.454 e. The molecule has 0 radical (unpaired) electrons. The summed E-state index contributed by atoms with van der Waals surface area (Å²) in [4.78, 5) is 24.4. The van der Waals surface area contributed by atoms with Crippen molar-refractivity contribution in [3.8, 4) is 11.5 Å². The van der Waals surface area contributed by atoms with Crippen LogP contribution in [0.3, 0.4) is 0 Å². The summed E-state index contributed by atoms with van der Waals surface area (Å²) < 4.78 is 10.5. The van der Waals surface area contributed by atoms with Gasteiger partial charge in [0.2, 0.25) is 6.79 Å². The normalized spacial score (nSPS) is 12.6. The molecule has 1 aromatic carbocycles. The molecule has 0 bridgehead atoms. The van der Waals surface area contributed by atoms with Crippen LogP contribution < -0.4 is 20.6 Å². The predicted molar refractivity (Wildman–Crippen MR) is 67.6 cm³/mol. The summed E-state index contributed by atoms with van der Waals surface area (Å²) in [7, 11) is 0. The Morgan fingerprint density at radius 1 is 1.21 bits per heavy atom. The second-order valence-corrected chi connectivity index (χ2v) is 4.75. The zero-order chi connectivity index (χ0) is 13.2. The van der Waals surface area contributed by atoms with Gasteiger partial charge in [-0.1, -0.05) is 17.8 Å². The van der Waals surface area contributed by atoms with E-state index in [1.807, 2.05) is 18.2 Å². The van der Waals surface area contributed by atoms with Gasteiger partial charge in [-0.25, -0.2) is 5.10 Å². The van der Waals surface area contributed by atoms with Gasteiger partial charge in [-0.05, 0) is 17.7 Å². The van der Waals surface area contributed by atoms with Crippen LogP contribution in [0.4, 0.5) is 0 Å². The summed E-state index contributed by atoms with van der Waals surface area (Å²) in [6.45, 7) is 0.237. The van der Waals surface area contributed by atoms with Crippen LogP contribution in [0.5, 0.6) is 11.5 Å². The maximum absolute atomic E-state index is 11.1. The van der Waals surface area contributed by atoms with Crippen LogP contribution in [-0.2, 0) is 5.75 Å². The molecule has 2 heterocycles. The highest BCUT2D eigenvalue weighted by molar-refractivity contribution is 7.98. The lowest BCUT2D eigenvalue weighted by Crippen LogP contribution is -2.30. The number of aromatic nitrogens is 3. The van der Waals surface area contributed by atoms with Gasteiger partial charge in [0, 0.05) is 5.75 Å². The Hall–Kier alpha value is -2.22. The lowest BCUT2D eigenvalue weighted by atomic mass is 10.2. The second-order valence-electron chi connectivity index (χ2n) is 3.79. The van der Waals surface area contributed by atoms with Crippen molar-refractivity contribution in [1.29, 1.82) is 0 Å². The van der Waals surface area contributed by atoms with Gasteiger partial charge in [-0.2, -0.15) is 0 Å². The molecule has 1 aliphatic heterocycles. The highest BCUT2D eigenvalue weighted by atomic mass is 32.2. The van der Waals surface area contributed by atoms with Gasteiger partial charge >= 0.3 is 11.1 Å². The number of thioether (sulfide) groups is 1. The summed E-state index contributed by atoms with van der Waals surface area (Å²) in [6.07, 6.45) is 0. The van der Waals surface area contributed by atoms with Crippen molar-refractivity contribution >= 4 is 11.8 Å². The number of H-pyrrole nitrogens is 2. The van der Waals surface area contributed by atoms with Crippen LogP contribution >= 0.6 is 11.8 Å². The third-order valence-corrected chi connectivity index (χ3v) is 3.44. The third-order valence-electron chi connectivity index (χ3n) is 2.50. The minimum atomic E-state index is -0.757. The van der Waals surface area contributed by atoms with Gasteiger partial charge < -0.3 is 9.47 Å². The molecule has 98 valence electrons. The van der Waals surface area contributed by atoms with E-state index in [4.69, 9.17) is 9.47 Å². The first-order chi connectivity index (χ1) is 9.22. The molecule has 0 saturated heterocycles. The van der Waals surface area contributed by atoms with Gasteiger partial charge in [0.25, 0.3) is 0 Å². The van der Waals surface area contributed by atoms with Gasteiger partial charge in [0.1, 0.15) is 0 Å². The maximum atomic E-state index is 11.1. The number of ether oxygens (including phenoxy) is 2. The Balaban J connectivity index is 1.73. The number of rotatable bonds is 3. The Labute approximate surface area is 111 Å². The van der Waals surface area contributed by atoms with Crippen molar-refractivity contribution in [2.45, 2.75) is 10.9 Å². The first-order valence-electron chi connectivity index (χ1n) is 5.43. The van der Waals surface area contributed by atoms with Gasteiger partial charge in [0.15, 0.2) is 16.7 Å². The average Bonchev–Trinajstić information content (AvgIpc) is 2.87. The number of nitrogens with zero attached hydrogens (tertiary/aromatic N) is 1. The molecule has 8 heteroatoms. The molecule has 2 aromatic rings. The zero-order valence-electron chi connectivity index (χ0n) is 9.63. The van der Waals surface area contributed by atoms with Crippen molar-refractivity contribution in [3.63, 3.8) is 0 Å². The SMILES string of the molecule is O=c1[nH]nc(SCc2ccc3c(c2)OCO3)[nH]c1=O. The Morgan fingerprint density at radius 2 is 2.05 bits per heavy atom. The minimum Gasteiger partial charge on any atom is -0.454 e. The third kappa shape index (κ3) is 2.48. The zero-order valence-corrected chi connectivity index (χ0v) is 10.5. The van der Waals surface area contributed by atoms with E-state index in [-0.39, 0.29) is 6.79 Å². The molecule has 0 amide bonds. The maximum Gasteiger partial charge on any atom is 0.329 e. The molecule has 0 spiro atoms. The number of hydrogen-bond donors (Lipinski definition) is 2. The van der Waals surface area contributed by atoms with Crippen molar-refractivity contribution in [1.82, 2.24) is 15.2 Å². The van der Waals surface area contributed by atoms with E-state index in [0.717, 1.165) is 11.3 Å². The second kappa shape index (κ2) is 4.81. The monoisotopic (exact) mass is 279 g/mol. The summed E-state index contributed by atoms with van der Waals surface area (Å²) in [5.41, 5.74) is -0.460. The average molecular weight is 279 g/mol. The van der Waals surface area contributed by atoms with E-state index in [1.165, 1.54) is 11.8 Å². The highest BCUT2D eigenvalue weighted by Gasteiger charge is 2.13. The fraction of sp³-hybridized carbons (Fsp3) is 0.182. The van der Waals surface area contributed by atoms with Gasteiger partial charge in [0.05, 0.1) is 0 Å². The number of benzene rings is 1. The van der Waals surface area contributed by atoms with Crippen LogP contribution in [0.25, 0.3) is 0 Å². The van der Waals surface area contributed by atoms with Crippen LogP contribution in [0.2, 0.25) is 0 Å². The van der Waals surface area contributed by atoms with Crippen LogP contribution in [0, 0.1) is 0 Å². The highest BCUT2D eigenvalue weighted by Crippen LogP contribution is 2.33. The standard InChI is InChI=1S/C11H9N3O4S/c15-9-10(16)13-14-11(12-9)19-4-6-1-2-7-8(3-6)18-5-17-7/h1-3H,4-5H2,(H,13,16)(H,12,14,15). The Bertz CT molecular complexity index is 724. The fourth-order valence-corrected chi connectivity index (χ4v) is 2.34. The predicted octanol–water partition coefficient (Wildman–Crippen LogP) is 0.479. The molecule has 7 nitrogen and oxygen atoms in total. The molecular weight excluding hydrogens is 270 g/mol. The first kappa shape index (κ1) is 11.8. The summed E-state index contributed by atoms with van der Waals surface area (Å²) in [5, 5.41) is 6.24. The summed E-state index contributed by atoms with van der Waals surface area (Å²) in [5.74, 6) is 2.02. The first-order valence-corrected chi connectivity index (χ1v) is 6.41. The van der Waals surface area contributed by atoms with Crippen molar-refractivity contribution in [2.24, 2.45) is 0 Å². The fourth-order valence-electron chi connectivity index (χ4n) is 1.58. The molecule has 0 atom stereocenters. The number of fused-ring (bicyclic) bond motifs is 1. The lowest BCUT2D eigenvalue weighted by Gasteiger charge is -2.02. The van der Waals surface area contributed by atoms with Gasteiger partial charge in [-0.15, -0.1) is 5.10 Å². The van der Waals surface area contributed by atoms with Crippen LogP contribution in [-0.4, -0.2) is 22.0 Å². The van der Waals surface area contributed by atoms with E-state index in [9.17, 15) is 9.59 Å². The Morgan fingerprint density at radius 3 is 2.89 bits per heavy atom. The lowest BCUT2D eigenvalue weighted by molar-refractivity contribution is 0.174. The number of aromatic amines is 2. The van der Waals surface area contributed by atoms with E-state index in [0.29, 0.717) is 16.7 Å². The number of hydrogen-bond acceptors (Lipinski definition) is 6. The van der Waals surface area contributed by atoms with Crippen LogP contribution in [0.15, 0.2) is 32.9 Å². The quantitative estimate of drug-likeness (QED) is 0.626. The van der Waals surface area contributed by atoms with E-state index in [1.54, 1.807) is 0 Å². The van der Waals surface area contributed by atoms with Crippen LogP contribution in [0.1, 0.15) is 5.56 Å². The summed E-state index contributed by atoms with van der Waals surface area (Å²) in [6, 6.07) is 5.62. The van der Waals surface area contributed by atoms with Crippen molar-refractivity contribution in [2.75, 3.05) is 6.79 Å². The van der Waals surface area contributed by atoms with E-state index in [2.05, 4.69) is 15.2 Å². The molecule has 2 N–H and O–H groups in total. The van der Waals surface area contributed by atoms with Crippen molar-refractivity contribution < 1.29 is 9.47 Å². The smallest absolute Gasteiger partial charge is 0.329 e. The molecule has 1 aliphatic rings. The molecule has 0 saturated carbocycles.